The number of nitrogens with zero attached hydrogens (tertiary/aromatic N) is 1. The van der Waals surface area contributed by atoms with Crippen molar-refractivity contribution in [3.05, 3.63) is 76.7 Å². The minimum Gasteiger partial charge on any atom is -0.384 e. The Balaban J connectivity index is 1.89. The highest BCUT2D eigenvalue weighted by Gasteiger charge is 2.40. The largest absolute Gasteiger partial charge is 0.384 e. The topological polar surface area (TPSA) is 50.2 Å². The van der Waals surface area contributed by atoms with E-state index >= 15 is 0 Å². The number of hydrogen-bond acceptors (Lipinski definition) is 3. The van der Waals surface area contributed by atoms with Crippen molar-refractivity contribution in [3.8, 4) is 22.4 Å². The van der Waals surface area contributed by atoms with E-state index in [0.717, 1.165) is 16.8 Å². The smallest absolute Gasteiger partial charge is 0.165 e. The van der Waals surface area contributed by atoms with Crippen molar-refractivity contribution >= 4 is 5.78 Å². The summed E-state index contributed by atoms with van der Waals surface area (Å²) < 4.78 is 14.1. The number of aliphatic hydroxyl groups excluding tert-OH is 1. The van der Waals surface area contributed by atoms with E-state index in [9.17, 15) is 14.3 Å². The predicted octanol–water partition coefficient (Wildman–Crippen LogP) is 5.10. The normalized spacial score (nSPS) is 19.1. The molecule has 4 heteroatoms. The van der Waals surface area contributed by atoms with Crippen LogP contribution >= 0.6 is 0 Å². The third-order valence-corrected chi connectivity index (χ3v) is 5.77. The number of aliphatic hydroxyl groups is 1. The molecule has 1 atom stereocenters. The Kier molecular flexibility index (Phi) is 3.59. The van der Waals surface area contributed by atoms with Gasteiger partial charge in [0.25, 0.3) is 0 Å². The maximum absolute atomic E-state index is 14.1. The lowest BCUT2D eigenvalue weighted by atomic mass is 9.73. The van der Waals surface area contributed by atoms with Crippen LogP contribution < -0.4 is 0 Å². The molecule has 2 aromatic carbocycles. The second-order valence-corrected chi connectivity index (χ2v) is 8.51. The van der Waals surface area contributed by atoms with Gasteiger partial charge in [0.15, 0.2) is 5.78 Å². The molecule has 0 fully saturated rings. The molecule has 0 saturated carbocycles. The fourth-order valence-electron chi connectivity index (χ4n) is 4.64. The first-order valence-corrected chi connectivity index (χ1v) is 9.49. The van der Waals surface area contributed by atoms with Gasteiger partial charge in [-0.25, -0.2) is 4.39 Å². The van der Waals surface area contributed by atoms with E-state index in [-0.39, 0.29) is 17.0 Å². The van der Waals surface area contributed by atoms with Crippen molar-refractivity contribution in [1.29, 1.82) is 0 Å². The van der Waals surface area contributed by atoms with Crippen LogP contribution in [0.5, 0.6) is 0 Å². The van der Waals surface area contributed by atoms with Gasteiger partial charge in [-0.2, -0.15) is 0 Å². The van der Waals surface area contributed by atoms with Crippen LogP contribution in [-0.4, -0.2) is 15.9 Å². The van der Waals surface area contributed by atoms with Gasteiger partial charge in [0, 0.05) is 28.7 Å². The second kappa shape index (κ2) is 5.82. The quantitative estimate of drug-likeness (QED) is 0.645. The molecule has 0 unspecified atom stereocenters. The first-order valence-electron chi connectivity index (χ1n) is 9.49. The van der Waals surface area contributed by atoms with Crippen molar-refractivity contribution in [1.82, 2.24) is 4.98 Å². The van der Waals surface area contributed by atoms with E-state index in [1.54, 1.807) is 12.1 Å². The fraction of sp³-hybridized carbons (Fsp3) is 0.250. The maximum atomic E-state index is 14.1. The van der Waals surface area contributed by atoms with Gasteiger partial charge in [-0.3, -0.25) is 9.78 Å². The first-order chi connectivity index (χ1) is 13.4. The van der Waals surface area contributed by atoms with Crippen LogP contribution in [0.3, 0.4) is 0 Å². The van der Waals surface area contributed by atoms with Gasteiger partial charge in [-0.1, -0.05) is 50.2 Å². The summed E-state index contributed by atoms with van der Waals surface area (Å²) in [6, 6.07) is 13.9. The zero-order valence-electron chi connectivity index (χ0n) is 15.8. The molecule has 0 aliphatic heterocycles. The van der Waals surface area contributed by atoms with Crippen molar-refractivity contribution in [3.63, 3.8) is 0 Å². The highest BCUT2D eigenvalue weighted by atomic mass is 19.1. The number of aromatic nitrogens is 1. The zero-order chi connectivity index (χ0) is 19.6. The molecule has 0 bridgehead atoms. The van der Waals surface area contributed by atoms with Crippen molar-refractivity contribution in [2.45, 2.75) is 32.8 Å². The molecule has 0 saturated heterocycles. The number of ketones is 1. The highest BCUT2D eigenvalue weighted by Crippen LogP contribution is 2.50. The SMILES string of the molecule is CC1(C)CC(=O)c2c(nc3c(c2-c2cccc(F)c2)[C@H](O)c2ccccc2-3)C1. The van der Waals surface area contributed by atoms with Crippen LogP contribution in [0.25, 0.3) is 22.4 Å². The molecular formula is C24H20FNO2. The molecule has 0 amide bonds. The summed E-state index contributed by atoms with van der Waals surface area (Å²) in [6.45, 7) is 4.13. The molecule has 5 rings (SSSR count). The van der Waals surface area contributed by atoms with Crippen molar-refractivity contribution in [2.24, 2.45) is 5.41 Å². The number of carbonyl (C=O) groups excluding carboxylic acids is 1. The number of Topliss-reactive ketones (excluding diaryl/α,β-unsaturated/α-hetero) is 1. The second-order valence-electron chi connectivity index (χ2n) is 8.51. The number of fused-ring (bicyclic) bond motifs is 4. The third kappa shape index (κ3) is 2.45. The van der Waals surface area contributed by atoms with Crippen LogP contribution in [0, 0.1) is 11.2 Å². The monoisotopic (exact) mass is 373 g/mol. The Morgan fingerprint density at radius 3 is 2.64 bits per heavy atom. The van der Waals surface area contributed by atoms with Gasteiger partial charge in [0.2, 0.25) is 0 Å². The lowest BCUT2D eigenvalue weighted by Crippen LogP contribution is -2.29. The first kappa shape index (κ1) is 17.3. The van der Waals surface area contributed by atoms with Crippen molar-refractivity contribution in [2.75, 3.05) is 0 Å². The van der Waals surface area contributed by atoms with E-state index in [1.807, 2.05) is 24.3 Å². The number of hydrogen-bond donors (Lipinski definition) is 1. The molecule has 3 aromatic rings. The van der Waals surface area contributed by atoms with Gasteiger partial charge in [-0.15, -0.1) is 0 Å². The molecule has 0 spiro atoms. The Labute approximate surface area is 162 Å². The number of benzene rings is 2. The van der Waals surface area contributed by atoms with Crippen LogP contribution in [-0.2, 0) is 6.42 Å². The summed E-state index contributed by atoms with van der Waals surface area (Å²) in [7, 11) is 0. The van der Waals surface area contributed by atoms with Gasteiger partial charge >= 0.3 is 0 Å². The summed E-state index contributed by atoms with van der Waals surface area (Å²) in [6.07, 6.45) is 0.193. The zero-order valence-corrected chi connectivity index (χ0v) is 15.8. The van der Waals surface area contributed by atoms with Gasteiger partial charge < -0.3 is 5.11 Å². The van der Waals surface area contributed by atoms with Gasteiger partial charge in [-0.05, 0) is 35.1 Å². The third-order valence-electron chi connectivity index (χ3n) is 5.77. The molecule has 1 N–H and O–H groups in total. The van der Waals surface area contributed by atoms with E-state index < -0.39 is 6.10 Å². The summed E-state index contributed by atoms with van der Waals surface area (Å²) in [5.74, 6) is -0.366. The van der Waals surface area contributed by atoms with Crippen LogP contribution in [0.1, 0.15) is 53.6 Å². The Morgan fingerprint density at radius 1 is 1.07 bits per heavy atom. The number of halogens is 1. The van der Waals surface area contributed by atoms with Crippen molar-refractivity contribution < 1.29 is 14.3 Å². The number of carbonyl (C=O) groups is 1. The predicted molar refractivity (Wildman–Crippen MR) is 106 cm³/mol. The van der Waals surface area contributed by atoms with Crippen LogP contribution in [0.15, 0.2) is 48.5 Å². The van der Waals surface area contributed by atoms with E-state index in [2.05, 4.69) is 13.8 Å². The molecule has 1 aromatic heterocycles. The van der Waals surface area contributed by atoms with E-state index in [1.165, 1.54) is 12.1 Å². The molecule has 140 valence electrons. The molecule has 2 aliphatic rings. The summed E-state index contributed by atoms with van der Waals surface area (Å²) in [4.78, 5) is 18.0. The number of rotatable bonds is 1. The minimum atomic E-state index is -0.884. The summed E-state index contributed by atoms with van der Waals surface area (Å²) in [5.41, 5.74) is 5.29. The molecular weight excluding hydrogens is 353 g/mol. The van der Waals surface area contributed by atoms with Gasteiger partial charge in [0.05, 0.1) is 11.4 Å². The average Bonchev–Trinajstić information content (AvgIpc) is 2.92. The molecule has 28 heavy (non-hydrogen) atoms. The standard InChI is InChI=1S/C24H20FNO2/c1-24(2)11-17-20(18(27)12-24)19(13-6-5-7-14(25)10-13)21-22(26-17)15-8-3-4-9-16(15)23(21)28/h3-10,23,28H,11-12H2,1-2H3/t23-/m1/s1. The Hall–Kier alpha value is -2.85. The molecule has 2 aliphatic carbocycles. The van der Waals surface area contributed by atoms with E-state index in [0.29, 0.717) is 40.8 Å². The van der Waals surface area contributed by atoms with Crippen LogP contribution in [0.4, 0.5) is 4.39 Å². The molecule has 1 heterocycles. The molecule has 3 nitrogen and oxygen atoms in total. The average molecular weight is 373 g/mol. The summed E-state index contributed by atoms with van der Waals surface area (Å²) in [5, 5.41) is 11.1. The van der Waals surface area contributed by atoms with Crippen LogP contribution in [0.2, 0.25) is 0 Å². The lowest BCUT2D eigenvalue weighted by molar-refractivity contribution is 0.0911. The fourth-order valence-corrected chi connectivity index (χ4v) is 4.64. The van der Waals surface area contributed by atoms with Gasteiger partial charge in [0.1, 0.15) is 11.9 Å². The molecule has 0 radical (unpaired) electrons. The summed E-state index contributed by atoms with van der Waals surface area (Å²) >= 11 is 0. The highest BCUT2D eigenvalue weighted by molar-refractivity contribution is 6.07. The Morgan fingerprint density at radius 2 is 1.86 bits per heavy atom. The minimum absolute atomic E-state index is 0.00367. The lowest BCUT2D eigenvalue weighted by Gasteiger charge is -2.32. The maximum Gasteiger partial charge on any atom is 0.165 e. The number of pyridine rings is 1. The van der Waals surface area contributed by atoms with E-state index in [4.69, 9.17) is 4.98 Å². The Bertz CT molecular complexity index is 1150.